The standard InChI is InChI=1S/C16H27N3O2/c1-12(2)8-16(6-5-7-16)14(20)17-11-15(3,21)13-9-18-19(4)10-13/h9-10,12,21H,5-8,11H2,1-4H3,(H,17,20). The van der Waals surface area contributed by atoms with Crippen LogP contribution < -0.4 is 5.32 Å². The average molecular weight is 293 g/mol. The van der Waals surface area contributed by atoms with Crippen molar-refractivity contribution in [3.8, 4) is 0 Å². The van der Waals surface area contributed by atoms with E-state index in [0.717, 1.165) is 31.2 Å². The van der Waals surface area contributed by atoms with E-state index in [1.807, 2.05) is 7.05 Å². The Morgan fingerprint density at radius 3 is 2.67 bits per heavy atom. The van der Waals surface area contributed by atoms with Crippen LogP contribution in [0.25, 0.3) is 0 Å². The van der Waals surface area contributed by atoms with E-state index in [2.05, 4.69) is 24.3 Å². The van der Waals surface area contributed by atoms with Crippen molar-refractivity contribution in [3.05, 3.63) is 18.0 Å². The van der Waals surface area contributed by atoms with Gasteiger partial charge in [-0.15, -0.1) is 0 Å². The Morgan fingerprint density at radius 1 is 1.57 bits per heavy atom. The van der Waals surface area contributed by atoms with Gasteiger partial charge in [0.25, 0.3) is 0 Å². The van der Waals surface area contributed by atoms with Crippen LogP contribution in [0.15, 0.2) is 12.4 Å². The Morgan fingerprint density at radius 2 is 2.24 bits per heavy atom. The number of nitrogens with zero attached hydrogens (tertiary/aromatic N) is 2. The molecule has 0 spiro atoms. The zero-order valence-corrected chi connectivity index (χ0v) is 13.5. The Bertz CT molecular complexity index is 501. The van der Waals surface area contributed by atoms with Crippen molar-refractivity contribution in [2.75, 3.05) is 6.54 Å². The van der Waals surface area contributed by atoms with Gasteiger partial charge in [-0.25, -0.2) is 0 Å². The summed E-state index contributed by atoms with van der Waals surface area (Å²) in [5.74, 6) is 0.599. The fourth-order valence-electron chi connectivity index (χ4n) is 3.15. The molecule has 0 aromatic carbocycles. The molecular weight excluding hydrogens is 266 g/mol. The highest BCUT2D eigenvalue weighted by atomic mass is 16.3. The monoisotopic (exact) mass is 293 g/mol. The number of aromatic nitrogens is 2. The largest absolute Gasteiger partial charge is 0.383 e. The van der Waals surface area contributed by atoms with Gasteiger partial charge < -0.3 is 10.4 Å². The first-order valence-electron chi connectivity index (χ1n) is 7.75. The van der Waals surface area contributed by atoms with Crippen molar-refractivity contribution in [2.24, 2.45) is 18.4 Å². The summed E-state index contributed by atoms with van der Waals surface area (Å²) in [6, 6.07) is 0. The summed E-state index contributed by atoms with van der Waals surface area (Å²) in [5.41, 5.74) is -0.580. The third-order valence-electron chi connectivity index (χ3n) is 4.51. The molecule has 2 N–H and O–H groups in total. The van der Waals surface area contributed by atoms with Crippen LogP contribution in [0, 0.1) is 11.3 Å². The lowest BCUT2D eigenvalue weighted by atomic mass is 9.64. The van der Waals surface area contributed by atoms with Crippen LogP contribution in [0.5, 0.6) is 0 Å². The normalized spacial score (nSPS) is 19.9. The molecule has 1 aliphatic carbocycles. The average Bonchev–Trinajstić information content (AvgIpc) is 2.78. The van der Waals surface area contributed by atoms with Crippen LogP contribution in [0.1, 0.15) is 52.0 Å². The van der Waals surface area contributed by atoms with E-state index in [1.54, 1.807) is 24.0 Å². The van der Waals surface area contributed by atoms with Crippen LogP contribution >= 0.6 is 0 Å². The summed E-state index contributed by atoms with van der Waals surface area (Å²) in [7, 11) is 1.81. The maximum Gasteiger partial charge on any atom is 0.226 e. The number of nitrogens with one attached hydrogen (secondary N) is 1. The van der Waals surface area contributed by atoms with Crippen molar-refractivity contribution >= 4 is 5.91 Å². The second kappa shape index (κ2) is 5.79. The number of carbonyl (C=O) groups excluding carboxylic acids is 1. The van der Waals surface area contributed by atoms with Crippen LogP contribution in [0.3, 0.4) is 0 Å². The fourth-order valence-corrected chi connectivity index (χ4v) is 3.15. The summed E-state index contributed by atoms with van der Waals surface area (Å²) in [6.45, 7) is 6.23. The molecule has 5 nitrogen and oxygen atoms in total. The molecule has 0 bridgehead atoms. The zero-order valence-electron chi connectivity index (χ0n) is 13.5. The maximum atomic E-state index is 12.5. The van der Waals surface area contributed by atoms with Crippen molar-refractivity contribution in [1.29, 1.82) is 0 Å². The highest BCUT2D eigenvalue weighted by Crippen LogP contribution is 2.46. The lowest BCUT2D eigenvalue weighted by Crippen LogP contribution is -2.49. The molecule has 0 saturated heterocycles. The van der Waals surface area contributed by atoms with Gasteiger partial charge in [0.05, 0.1) is 12.7 Å². The summed E-state index contributed by atoms with van der Waals surface area (Å²) in [6.07, 6.45) is 7.39. The van der Waals surface area contributed by atoms with Gasteiger partial charge in [0.2, 0.25) is 5.91 Å². The number of carbonyl (C=O) groups is 1. The van der Waals surface area contributed by atoms with Gasteiger partial charge in [-0.3, -0.25) is 9.48 Å². The first-order chi connectivity index (χ1) is 9.75. The number of aryl methyl sites for hydroxylation is 1. The van der Waals surface area contributed by atoms with E-state index in [-0.39, 0.29) is 17.9 Å². The summed E-state index contributed by atoms with van der Waals surface area (Å²) in [4.78, 5) is 12.5. The number of aliphatic hydroxyl groups is 1. The van der Waals surface area contributed by atoms with Gasteiger partial charge in [-0.1, -0.05) is 20.3 Å². The molecule has 118 valence electrons. The number of rotatable bonds is 6. The van der Waals surface area contributed by atoms with Gasteiger partial charge in [-0.05, 0) is 32.1 Å². The van der Waals surface area contributed by atoms with Crippen molar-refractivity contribution in [1.82, 2.24) is 15.1 Å². The van der Waals surface area contributed by atoms with Crippen LogP contribution in [0.4, 0.5) is 0 Å². The molecular formula is C16H27N3O2. The van der Waals surface area contributed by atoms with Gasteiger partial charge in [0.15, 0.2) is 0 Å². The van der Waals surface area contributed by atoms with Crippen molar-refractivity contribution < 1.29 is 9.90 Å². The first kappa shape index (κ1) is 16.0. The molecule has 0 aliphatic heterocycles. The highest BCUT2D eigenvalue weighted by Gasteiger charge is 2.44. The molecule has 1 aromatic heterocycles. The molecule has 2 rings (SSSR count). The van der Waals surface area contributed by atoms with E-state index >= 15 is 0 Å². The number of hydrogen-bond acceptors (Lipinski definition) is 3. The maximum absolute atomic E-state index is 12.5. The summed E-state index contributed by atoms with van der Waals surface area (Å²) >= 11 is 0. The molecule has 0 radical (unpaired) electrons. The predicted octanol–water partition coefficient (Wildman–Crippen LogP) is 1.96. The van der Waals surface area contributed by atoms with Gasteiger partial charge in [-0.2, -0.15) is 5.10 Å². The number of hydrogen-bond donors (Lipinski definition) is 2. The van der Waals surface area contributed by atoms with Gasteiger partial charge >= 0.3 is 0 Å². The van der Waals surface area contributed by atoms with Gasteiger partial charge in [0.1, 0.15) is 5.60 Å². The first-order valence-corrected chi connectivity index (χ1v) is 7.75. The molecule has 21 heavy (non-hydrogen) atoms. The Labute approximate surface area is 126 Å². The van der Waals surface area contributed by atoms with Gasteiger partial charge in [0, 0.05) is 24.2 Å². The van der Waals surface area contributed by atoms with Crippen molar-refractivity contribution in [3.63, 3.8) is 0 Å². The Balaban J connectivity index is 1.97. The molecule has 1 amide bonds. The zero-order chi connectivity index (χ0) is 15.7. The SMILES string of the molecule is CC(C)CC1(C(=O)NCC(C)(O)c2cnn(C)c2)CCC1. The minimum absolute atomic E-state index is 0.0895. The second-order valence-corrected chi connectivity index (χ2v) is 7.09. The van der Waals surface area contributed by atoms with Crippen LogP contribution in [-0.4, -0.2) is 27.3 Å². The van der Waals surface area contributed by atoms with E-state index in [0.29, 0.717) is 5.92 Å². The molecule has 1 saturated carbocycles. The van der Waals surface area contributed by atoms with E-state index in [1.165, 1.54) is 0 Å². The van der Waals surface area contributed by atoms with E-state index in [9.17, 15) is 9.90 Å². The lowest BCUT2D eigenvalue weighted by Gasteiger charge is -2.42. The molecule has 1 aromatic rings. The smallest absolute Gasteiger partial charge is 0.226 e. The molecule has 1 atom stereocenters. The highest BCUT2D eigenvalue weighted by molar-refractivity contribution is 5.83. The van der Waals surface area contributed by atoms with Crippen molar-refractivity contribution in [2.45, 2.75) is 52.1 Å². The second-order valence-electron chi connectivity index (χ2n) is 7.09. The third-order valence-corrected chi connectivity index (χ3v) is 4.51. The lowest BCUT2D eigenvalue weighted by molar-refractivity contribution is -0.138. The summed E-state index contributed by atoms with van der Waals surface area (Å²) < 4.78 is 1.65. The van der Waals surface area contributed by atoms with E-state index in [4.69, 9.17) is 0 Å². The Kier molecular flexibility index (Phi) is 4.42. The molecule has 1 unspecified atom stereocenters. The quantitative estimate of drug-likeness (QED) is 0.842. The molecule has 1 heterocycles. The van der Waals surface area contributed by atoms with E-state index < -0.39 is 5.60 Å². The Hall–Kier alpha value is -1.36. The number of amides is 1. The molecule has 5 heteroatoms. The van der Waals surface area contributed by atoms with Crippen LogP contribution in [-0.2, 0) is 17.4 Å². The minimum atomic E-state index is -1.09. The molecule has 1 fully saturated rings. The minimum Gasteiger partial charge on any atom is -0.383 e. The molecule has 1 aliphatic rings. The summed E-state index contributed by atoms with van der Waals surface area (Å²) in [5, 5.41) is 17.5. The van der Waals surface area contributed by atoms with Crippen LogP contribution in [0.2, 0.25) is 0 Å². The predicted molar refractivity (Wildman–Crippen MR) is 81.5 cm³/mol. The fraction of sp³-hybridized carbons (Fsp3) is 0.750. The third kappa shape index (κ3) is 3.46. The topological polar surface area (TPSA) is 67.2 Å².